The number of hydrogen-bond donors (Lipinski definition) is 1. The third kappa shape index (κ3) is 7.07. The van der Waals surface area contributed by atoms with Crippen LogP contribution in [0.3, 0.4) is 0 Å². The molecule has 1 saturated heterocycles. The molecule has 0 radical (unpaired) electrons. The Labute approximate surface area is 207 Å². The van der Waals surface area contributed by atoms with E-state index in [2.05, 4.69) is 10.3 Å². The van der Waals surface area contributed by atoms with Gasteiger partial charge < -0.3 is 24.1 Å². The summed E-state index contributed by atoms with van der Waals surface area (Å²) in [5, 5.41) is 3.33. The van der Waals surface area contributed by atoms with Crippen LogP contribution in [0.2, 0.25) is 0 Å². The Hall–Kier alpha value is -1.84. The number of nitrogens with one attached hydrogen (secondary N) is 1. The molecule has 9 nitrogen and oxygen atoms in total. The van der Waals surface area contributed by atoms with E-state index >= 15 is 0 Å². The molecule has 1 aliphatic carbocycles. The number of fused-ring (bicyclic) bond motifs is 1. The number of ether oxygens (including phenoxy) is 3. The van der Waals surface area contributed by atoms with Crippen molar-refractivity contribution in [2.24, 2.45) is 17.8 Å². The third-order valence-corrected chi connectivity index (χ3v) is 6.21. The second-order valence-corrected chi connectivity index (χ2v) is 8.18. The van der Waals surface area contributed by atoms with E-state index in [4.69, 9.17) is 14.2 Å². The normalized spacial score (nSPS) is 23.8. The average Bonchev–Trinajstić information content (AvgIpc) is 3.17. The number of imidazole rings is 1. The molecule has 33 heavy (non-hydrogen) atoms. The lowest BCUT2D eigenvalue weighted by Gasteiger charge is -2.42. The Morgan fingerprint density at radius 1 is 0.970 bits per heavy atom. The monoisotopic (exact) mass is 507 g/mol. The van der Waals surface area contributed by atoms with Gasteiger partial charge in [0, 0.05) is 6.54 Å². The number of rotatable bonds is 8. The van der Waals surface area contributed by atoms with Crippen LogP contribution in [-0.4, -0.2) is 59.9 Å². The van der Waals surface area contributed by atoms with Crippen LogP contribution >= 0.6 is 24.8 Å². The first-order valence-electron chi connectivity index (χ1n) is 11.3. The molecule has 0 spiro atoms. The summed E-state index contributed by atoms with van der Waals surface area (Å²) < 4.78 is 17.1. The van der Waals surface area contributed by atoms with E-state index in [1.54, 1.807) is 18.4 Å². The van der Waals surface area contributed by atoms with Crippen LogP contribution in [0.4, 0.5) is 0 Å². The molecule has 2 heterocycles. The first kappa shape index (κ1) is 29.2. The minimum absolute atomic E-state index is 0. The standard InChI is InChI=1S/C22H33N3O6.2ClH/c1-4-29-20(26)17-10-16-9-14(7-8-15(16)11-23-17)12-25-13-24-18(21(27)30-5-2)19(25)22(28)31-6-3;;/h13-17,23H,4-12H2,1-3H3;2*1H/t14-,15-,16+,17-;;/m0../s1. The number of carbonyl (C=O) groups excluding carboxylic acids is 3. The van der Waals surface area contributed by atoms with Crippen LogP contribution in [0.5, 0.6) is 0 Å². The van der Waals surface area contributed by atoms with Crippen molar-refractivity contribution in [3.8, 4) is 0 Å². The van der Waals surface area contributed by atoms with E-state index in [-0.39, 0.29) is 61.4 Å². The summed E-state index contributed by atoms with van der Waals surface area (Å²) in [5.74, 6) is -0.0802. The zero-order chi connectivity index (χ0) is 22.4. The van der Waals surface area contributed by atoms with Crippen molar-refractivity contribution in [1.29, 1.82) is 0 Å². The number of piperidine rings is 1. The van der Waals surface area contributed by atoms with Gasteiger partial charge in [-0.3, -0.25) is 4.79 Å². The lowest BCUT2D eigenvalue weighted by Crippen LogP contribution is -2.50. The lowest BCUT2D eigenvalue weighted by atomic mass is 9.69. The number of hydrogen-bond acceptors (Lipinski definition) is 8. The average molecular weight is 508 g/mol. The van der Waals surface area contributed by atoms with Crippen LogP contribution in [0.15, 0.2) is 6.33 Å². The molecule has 4 atom stereocenters. The second kappa shape index (κ2) is 13.8. The second-order valence-electron chi connectivity index (χ2n) is 8.18. The Kier molecular flexibility index (Phi) is 12.2. The van der Waals surface area contributed by atoms with Crippen LogP contribution in [0.1, 0.15) is 67.4 Å². The Bertz CT molecular complexity index is 803. The highest BCUT2D eigenvalue weighted by Crippen LogP contribution is 2.39. The first-order chi connectivity index (χ1) is 15.0. The van der Waals surface area contributed by atoms with E-state index in [1.807, 2.05) is 6.92 Å². The fourth-order valence-electron chi connectivity index (χ4n) is 4.81. The summed E-state index contributed by atoms with van der Waals surface area (Å²) in [6.07, 6.45) is 5.32. The third-order valence-electron chi connectivity index (χ3n) is 6.21. The molecule has 2 aliphatic rings. The van der Waals surface area contributed by atoms with E-state index < -0.39 is 11.9 Å². The van der Waals surface area contributed by atoms with Gasteiger partial charge in [0.25, 0.3) is 0 Å². The van der Waals surface area contributed by atoms with E-state index in [0.29, 0.717) is 30.9 Å². The Morgan fingerprint density at radius 3 is 2.30 bits per heavy atom. The minimum atomic E-state index is -0.622. The Morgan fingerprint density at radius 2 is 1.64 bits per heavy atom. The first-order valence-corrected chi connectivity index (χ1v) is 11.3. The van der Waals surface area contributed by atoms with Gasteiger partial charge in [-0.2, -0.15) is 0 Å². The molecular formula is C22H35Cl2N3O6. The molecule has 1 aromatic heterocycles. The zero-order valence-electron chi connectivity index (χ0n) is 19.4. The molecule has 0 bridgehead atoms. The predicted octanol–water partition coefficient (Wildman–Crippen LogP) is 3.04. The van der Waals surface area contributed by atoms with Gasteiger partial charge in [0.15, 0.2) is 11.4 Å². The summed E-state index contributed by atoms with van der Waals surface area (Å²) in [4.78, 5) is 41.1. The van der Waals surface area contributed by atoms with Crippen molar-refractivity contribution < 1.29 is 28.6 Å². The topological polar surface area (TPSA) is 109 Å². The molecule has 11 heteroatoms. The number of nitrogens with zero attached hydrogens (tertiary/aromatic N) is 2. The molecule has 0 amide bonds. The smallest absolute Gasteiger partial charge is 0.359 e. The molecule has 1 aromatic rings. The van der Waals surface area contributed by atoms with Gasteiger partial charge in [0.2, 0.25) is 0 Å². The van der Waals surface area contributed by atoms with Crippen LogP contribution in [-0.2, 0) is 25.5 Å². The lowest BCUT2D eigenvalue weighted by molar-refractivity contribution is -0.147. The van der Waals surface area contributed by atoms with Crippen molar-refractivity contribution in [1.82, 2.24) is 14.9 Å². The van der Waals surface area contributed by atoms with Crippen LogP contribution in [0.25, 0.3) is 0 Å². The number of halogens is 2. The maximum Gasteiger partial charge on any atom is 0.359 e. The maximum absolute atomic E-state index is 12.6. The highest BCUT2D eigenvalue weighted by Gasteiger charge is 2.38. The fourth-order valence-corrected chi connectivity index (χ4v) is 4.81. The van der Waals surface area contributed by atoms with E-state index in [0.717, 1.165) is 32.2 Å². The molecule has 0 aromatic carbocycles. The SMILES string of the molecule is CCOC(=O)c1ncn(C[C@H]2CC[C@H]3CN[C@H](C(=O)OCC)C[C@H]3C2)c1C(=O)OCC.Cl.Cl. The molecule has 1 saturated carbocycles. The summed E-state index contributed by atoms with van der Waals surface area (Å²) in [6, 6.07) is -0.251. The molecule has 1 aliphatic heterocycles. The predicted molar refractivity (Wildman–Crippen MR) is 126 cm³/mol. The van der Waals surface area contributed by atoms with Crippen molar-refractivity contribution >= 4 is 42.7 Å². The fraction of sp³-hybridized carbons (Fsp3) is 0.727. The highest BCUT2D eigenvalue weighted by atomic mass is 35.5. The van der Waals surface area contributed by atoms with Crippen molar-refractivity contribution in [3.63, 3.8) is 0 Å². The number of aromatic nitrogens is 2. The summed E-state index contributed by atoms with van der Waals surface area (Å²) >= 11 is 0. The van der Waals surface area contributed by atoms with Crippen molar-refractivity contribution in [3.05, 3.63) is 17.7 Å². The van der Waals surface area contributed by atoms with Gasteiger partial charge >= 0.3 is 17.9 Å². The van der Waals surface area contributed by atoms with Gasteiger partial charge in [0.1, 0.15) is 6.04 Å². The van der Waals surface area contributed by atoms with Crippen molar-refractivity contribution in [2.45, 2.75) is 59.0 Å². The molecule has 2 fully saturated rings. The molecule has 0 unspecified atom stereocenters. The summed E-state index contributed by atoms with van der Waals surface area (Å²) in [5.41, 5.74) is 0.148. The quantitative estimate of drug-likeness (QED) is 0.422. The highest BCUT2D eigenvalue weighted by molar-refractivity contribution is 6.00. The van der Waals surface area contributed by atoms with Crippen LogP contribution in [0, 0.1) is 17.8 Å². The summed E-state index contributed by atoms with van der Waals surface area (Å²) in [6.45, 7) is 7.44. The van der Waals surface area contributed by atoms with Gasteiger partial charge in [-0.15, -0.1) is 24.8 Å². The van der Waals surface area contributed by atoms with Gasteiger partial charge in [0.05, 0.1) is 26.1 Å². The number of carbonyl (C=O) groups is 3. The molecule has 1 N–H and O–H groups in total. The van der Waals surface area contributed by atoms with Crippen LogP contribution < -0.4 is 5.32 Å². The van der Waals surface area contributed by atoms with E-state index in [9.17, 15) is 14.4 Å². The maximum atomic E-state index is 12.6. The molecular weight excluding hydrogens is 473 g/mol. The van der Waals surface area contributed by atoms with Crippen molar-refractivity contribution in [2.75, 3.05) is 26.4 Å². The van der Waals surface area contributed by atoms with Gasteiger partial charge in [-0.05, 0) is 70.8 Å². The number of esters is 3. The van der Waals surface area contributed by atoms with E-state index in [1.165, 1.54) is 6.33 Å². The molecule has 3 rings (SSSR count). The largest absolute Gasteiger partial charge is 0.465 e. The van der Waals surface area contributed by atoms with Gasteiger partial charge in [-0.1, -0.05) is 0 Å². The van der Waals surface area contributed by atoms with Gasteiger partial charge in [-0.25, -0.2) is 14.6 Å². The summed E-state index contributed by atoms with van der Waals surface area (Å²) in [7, 11) is 0. The molecule has 188 valence electrons. The zero-order valence-corrected chi connectivity index (χ0v) is 21.0. The minimum Gasteiger partial charge on any atom is -0.465 e. The Balaban J connectivity index is 0.00000272.